The van der Waals surface area contributed by atoms with E-state index in [9.17, 15) is 4.79 Å². The second-order valence-electron chi connectivity index (χ2n) is 7.97. The van der Waals surface area contributed by atoms with Crippen LogP contribution >= 0.6 is 0 Å². The molecule has 1 N–H and O–H groups in total. The Hall–Kier alpha value is -4.40. The number of ether oxygens (including phenoxy) is 3. The minimum atomic E-state index is -0.247. The van der Waals surface area contributed by atoms with Crippen molar-refractivity contribution < 1.29 is 19.0 Å². The van der Waals surface area contributed by atoms with Gasteiger partial charge in [-0.15, -0.1) is 0 Å². The summed E-state index contributed by atoms with van der Waals surface area (Å²) in [6.45, 7) is 7.98. The predicted molar refractivity (Wildman–Crippen MR) is 125 cm³/mol. The summed E-state index contributed by atoms with van der Waals surface area (Å²) in [6.07, 6.45) is 0. The number of benzene rings is 2. The first-order chi connectivity index (χ1) is 16.4. The Morgan fingerprint density at radius 2 is 1.74 bits per heavy atom. The van der Waals surface area contributed by atoms with Gasteiger partial charge in [-0.2, -0.15) is 10.1 Å². The zero-order valence-electron chi connectivity index (χ0n) is 19.2. The third-order valence-corrected chi connectivity index (χ3v) is 5.64. The average Bonchev–Trinajstić information content (AvgIpc) is 3.39. The minimum Gasteiger partial charge on any atom is -0.454 e. The fraction of sp³-hybridized carbons (Fsp3) is 0.200. The number of rotatable bonds is 5. The second-order valence-corrected chi connectivity index (χ2v) is 7.97. The molecule has 0 saturated carbocycles. The summed E-state index contributed by atoms with van der Waals surface area (Å²) in [4.78, 5) is 21.5. The van der Waals surface area contributed by atoms with Gasteiger partial charge in [-0.05, 0) is 75.7 Å². The molecule has 1 aliphatic rings. The molecule has 5 rings (SSSR count). The van der Waals surface area contributed by atoms with Crippen LogP contribution in [0.25, 0.3) is 5.82 Å². The summed E-state index contributed by atoms with van der Waals surface area (Å²) in [6, 6.07) is 13.9. The van der Waals surface area contributed by atoms with Crippen molar-refractivity contribution in [2.75, 3.05) is 12.1 Å². The minimum absolute atomic E-state index is 0.163. The predicted octanol–water partition coefficient (Wildman–Crippen LogP) is 4.67. The first-order valence-corrected chi connectivity index (χ1v) is 10.7. The number of fused-ring (bicyclic) bond motifs is 1. The lowest BCUT2D eigenvalue weighted by molar-refractivity contribution is 0.102. The molecule has 172 valence electrons. The SMILES string of the molecule is Cc1nc(Oc2ccc(NC(=O)c3ccc4c(c3)OCO4)cc2)cc(-n2nc(C)c(C)c2C)n1. The molecule has 4 aromatic rings. The quantitative estimate of drug-likeness (QED) is 0.465. The molecule has 2 aromatic heterocycles. The molecule has 2 aromatic carbocycles. The van der Waals surface area contributed by atoms with E-state index < -0.39 is 0 Å². The number of hydrogen-bond donors (Lipinski definition) is 1. The smallest absolute Gasteiger partial charge is 0.255 e. The number of hydrogen-bond acceptors (Lipinski definition) is 7. The van der Waals surface area contributed by atoms with Crippen molar-refractivity contribution in [3.8, 4) is 28.9 Å². The van der Waals surface area contributed by atoms with Crippen LogP contribution in [0.5, 0.6) is 23.1 Å². The molecule has 0 spiro atoms. The molecule has 34 heavy (non-hydrogen) atoms. The van der Waals surface area contributed by atoms with Gasteiger partial charge >= 0.3 is 0 Å². The van der Waals surface area contributed by atoms with E-state index in [2.05, 4.69) is 20.4 Å². The van der Waals surface area contributed by atoms with Crippen LogP contribution in [0.15, 0.2) is 48.5 Å². The van der Waals surface area contributed by atoms with E-state index in [1.54, 1.807) is 53.2 Å². The van der Waals surface area contributed by atoms with Gasteiger partial charge in [0.2, 0.25) is 12.7 Å². The monoisotopic (exact) mass is 457 g/mol. The van der Waals surface area contributed by atoms with Gasteiger partial charge in [0.25, 0.3) is 5.91 Å². The fourth-order valence-electron chi connectivity index (χ4n) is 3.60. The molecule has 0 radical (unpaired) electrons. The Bertz CT molecular complexity index is 1400. The molecule has 1 amide bonds. The molecule has 0 fully saturated rings. The molecule has 0 saturated heterocycles. The van der Waals surface area contributed by atoms with E-state index >= 15 is 0 Å². The Morgan fingerprint density at radius 3 is 2.47 bits per heavy atom. The number of nitrogens with one attached hydrogen (secondary N) is 1. The Kier molecular flexibility index (Phi) is 5.37. The van der Waals surface area contributed by atoms with E-state index in [0.29, 0.717) is 46.0 Å². The number of aryl methyl sites for hydroxylation is 2. The van der Waals surface area contributed by atoms with Crippen molar-refractivity contribution in [1.82, 2.24) is 19.7 Å². The third-order valence-electron chi connectivity index (χ3n) is 5.64. The van der Waals surface area contributed by atoms with Gasteiger partial charge < -0.3 is 19.5 Å². The molecule has 0 bridgehead atoms. The van der Waals surface area contributed by atoms with Crippen LogP contribution in [0, 0.1) is 27.7 Å². The molecule has 9 nitrogen and oxygen atoms in total. The average molecular weight is 457 g/mol. The highest BCUT2D eigenvalue weighted by atomic mass is 16.7. The van der Waals surface area contributed by atoms with E-state index in [-0.39, 0.29) is 12.7 Å². The maximum absolute atomic E-state index is 12.6. The van der Waals surface area contributed by atoms with Crippen LogP contribution in [0.1, 0.15) is 33.1 Å². The summed E-state index contributed by atoms with van der Waals surface area (Å²) >= 11 is 0. The standard InChI is InChI=1S/C25H23N5O4/c1-14-15(2)29-30(16(14)3)23-12-24(27-17(4)26-23)34-20-8-6-19(7-9-20)28-25(31)18-5-10-21-22(11-18)33-13-32-21/h5-12H,13H2,1-4H3,(H,28,31). The molecular weight excluding hydrogens is 434 g/mol. The highest BCUT2D eigenvalue weighted by Crippen LogP contribution is 2.33. The normalized spacial score (nSPS) is 12.0. The van der Waals surface area contributed by atoms with Crippen LogP contribution in [-0.4, -0.2) is 32.4 Å². The van der Waals surface area contributed by atoms with E-state index in [1.165, 1.54) is 0 Å². The number of aromatic nitrogens is 4. The molecule has 0 atom stereocenters. The highest BCUT2D eigenvalue weighted by molar-refractivity contribution is 6.04. The molecule has 9 heteroatoms. The second kappa shape index (κ2) is 8.51. The largest absolute Gasteiger partial charge is 0.454 e. The lowest BCUT2D eigenvalue weighted by Crippen LogP contribution is -2.11. The van der Waals surface area contributed by atoms with Gasteiger partial charge in [-0.25, -0.2) is 9.67 Å². The first-order valence-electron chi connectivity index (χ1n) is 10.7. The third kappa shape index (κ3) is 4.15. The van der Waals surface area contributed by atoms with Crippen LogP contribution in [-0.2, 0) is 0 Å². The van der Waals surface area contributed by atoms with Gasteiger partial charge in [0, 0.05) is 23.0 Å². The van der Waals surface area contributed by atoms with Crippen LogP contribution in [0.3, 0.4) is 0 Å². The van der Waals surface area contributed by atoms with Crippen molar-refractivity contribution in [1.29, 1.82) is 0 Å². The zero-order valence-corrected chi connectivity index (χ0v) is 19.2. The fourth-order valence-corrected chi connectivity index (χ4v) is 3.60. The summed E-state index contributed by atoms with van der Waals surface area (Å²) in [5.74, 6) is 3.15. The maximum atomic E-state index is 12.6. The number of carbonyl (C=O) groups excluding carboxylic acids is 1. The summed E-state index contributed by atoms with van der Waals surface area (Å²) in [7, 11) is 0. The Morgan fingerprint density at radius 1 is 0.971 bits per heavy atom. The molecule has 1 aliphatic heterocycles. The number of nitrogens with zero attached hydrogens (tertiary/aromatic N) is 4. The van der Waals surface area contributed by atoms with Gasteiger partial charge in [-0.1, -0.05) is 0 Å². The van der Waals surface area contributed by atoms with Crippen LogP contribution in [0.4, 0.5) is 5.69 Å². The molecular formula is C25H23N5O4. The van der Waals surface area contributed by atoms with E-state index in [1.807, 2.05) is 27.7 Å². The van der Waals surface area contributed by atoms with Crippen LogP contribution < -0.4 is 19.5 Å². The first kappa shape index (κ1) is 21.4. The van der Waals surface area contributed by atoms with E-state index in [0.717, 1.165) is 17.0 Å². The zero-order chi connectivity index (χ0) is 23.8. The Labute approximate surface area is 196 Å². The van der Waals surface area contributed by atoms with Gasteiger partial charge in [-0.3, -0.25) is 4.79 Å². The lowest BCUT2D eigenvalue weighted by atomic mass is 10.2. The van der Waals surface area contributed by atoms with Crippen molar-refractivity contribution >= 4 is 11.6 Å². The van der Waals surface area contributed by atoms with Crippen molar-refractivity contribution in [2.45, 2.75) is 27.7 Å². The summed E-state index contributed by atoms with van der Waals surface area (Å²) in [5, 5.41) is 7.43. The van der Waals surface area contributed by atoms with Crippen molar-refractivity contribution in [3.63, 3.8) is 0 Å². The molecule has 0 unspecified atom stereocenters. The lowest BCUT2D eigenvalue weighted by Gasteiger charge is -2.10. The topological polar surface area (TPSA) is 100 Å². The number of carbonyl (C=O) groups is 1. The van der Waals surface area contributed by atoms with Crippen LogP contribution in [0.2, 0.25) is 0 Å². The highest BCUT2D eigenvalue weighted by Gasteiger charge is 2.17. The van der Waals surface area contributed by atoms with E-state index in [4.69, 9.17) is 14.2 Å². The number of anilines is 1. The summed E-state index contributed by atoms with van der Waals surface area (Å²) < 4.78 is 18.4. The maximum Gasteiger partial charge on any atom is 0.255 e. The molecule has 3 heterocycles. The molecule has 0 aliphatic carbocycles. The summed E-state index contributed by atoms with van der Waals surface area (Å²) in [5.41, 5.74) is 4.21. The Balaban J connectivity index is 1.30. The van der Waals surface area contributed by atoms with Gasteiger partial charge in [0.15, 0.2) is 17.3 Å². The van der Waals surface area contributed by atoms with Crippen molar-refractivity contribution in [2.24, 2.45) is 0 Å². The number of amides is 1. The van der Waals surface area contributed by atoms with Gasteiger partial charge in [0.05, 0.1) is 5.69 Å². The van der Waals surface area contributed by atoms with Gasteiger partial charge in [0.1, 0.15) is 11.6 Å². The van der Waals surface area contributed by atoms with Crippen molar-refractivity contribution in [3.05, 3.63) is 76.9 Å².